The Kier molecular flexibility index (Phi) is 7.97. The molecule has 1 aliphatic carbocycles. The van der Waals surface area contributed by atoms with E-state index in [9.17, 15) is 4.79 Å². The zero-order chi connectivity index (χ0) is 21.6. The molecule has 0 atom stereocenters. The van der Waals surface area contributed by atoms with Gasteiger partial charge in [0.1, 0.15) is 5.83 Å². The van der Waals surface area contributed by atoms with Gasteiger partial charge in [0.25, 0.3) is 5.91 Å². The first kappa shape index (κ1) is 23.1. The lowest BCUT2D eigenvalue weighted by molar-refractivity contribution is 0.0944. The second kappa shape index (κ2) is 10.0. The summed E-state index contributed by atoms with van der Waals surface area (Å²) in [5.74, 6) is -0.518. The number of allylic oxidation sites excluding steroid dienone is 5. The molecule has 0 bridgehead atoms. The van der Waals surface area contributed by atoms with Crippen molar-refractivity contribution in [3.63, 3.8) is 0 Å². The summed E-state index contributed by atoms with van der Waals surface area (Å²) in [6.45, 7) is 10.5. The summed E-state index contributed by atoms with van der Waals surface area (Å²) in [5, 5.41) is 11.5. The highest BCUT2D eigenvalue weighted by Gasteiger charge is 2.26. The topological polar surface area (TPSA) is 49.3 Å². The number of rotatable bonds is 7. The third kappa shape index (κ3) is 5.66. The summed E-state index contributed by atoms with van der Waals surface area (Å²) in [6, 6.07) is 5.04. The lowest BCUT2D eigenvalue weighted by atomic mass is 9.72. The van der Waals surface area contributed by atoms with Gasteiger partial charge >= 0.3 is 0 Å². The Morgan fingerprint density at radius 1 is 1.34 bits per heavy atom. The normalized spacial score (nSPS) is 17.5. The van der Waals surface area contributed by atoms with Gasteiger partial charge in [-0.2, -0.15) is 0 Å². The quantitative estimate of drug-likeness (QED) is 0.573. The Labute approximate surface area is 174 Å². The van der Waals surface area contributed by atoms with Gasteiger partial charge in [-0.3, -0.25) is 4.79 Å². The van der Waals surface area contributed by atoms with Crippen LogP contribution in [0, 0.1) is 5.41 Å². The van der Waals surface area contributed by atoms with Crippen molar-refractivity contribution in [2.24, 2.45) is 5.41 Å². The SMILES string of the molecule is CCc1cc(C(=O)NCCO)ccc1/C(F)=C(C)/C=C/C1=C(C)CCCC1(C)C. The van der Waals surface area contributed by atoms with Gasteiger partial charge in [-0.05, 0) is 73.8 Å². The molecule has 0 heterocycles. The molecule has 0 spiro atoms. The van der Waals surface area contributed by atoms with E-state index in [0.717, 1.165) is 18.4 Å². The van der Waals surface area contributed by atoms with Crippen molar-refractivity contribution in [1.82, 2.24) is 5.32 Å². The molecular formula is C25H34FNO2. The number of aryl methyl sites for hydroxylation is 1. The second-order valence-corrected chi connectivity index (χ2v) is 8.47. The molecule has 0 fully saturated rings. The number of nitrogens with one attached hydrogen (secondary N) is 1. The fraction of sp³-hybridized carbons (Fsp3) is 0.480. The van der Waals surface area contributed by atoms with Crippen molar-refractivity contribution in [1.29, 1.82) is 0 Å². The average Bonchev–Trinajstić information content (AvgIpc) is 2.69. The fourth-order valence-electron chi connectivity index (χ4n) is 4.02. The van der Waals surface area contributed by atoms with Crippen LogP contribution < -0.4 is 5.32 Å². The van der Waals surface area contributed by atoms with Crippen molar-refractivity contribution in [2.45, 2.75) is 60.3 Å². The number of carbonyl (C=O) groups is 1. The van der Waals surface area contributed by atoms with E-state index in [2.05, 4.69) is 32.2 Å². The maximum atomic E-state index is 15.2. The van der Waals surface area contributed by atoms with E-state index in [4.69, 9.17) is 5.11 Å². The van der Waals surface area contributed by atoms with E-state index in [1.54, 1.807) is 25.1 Å². The summed E-state index contributed by atoms with van der Waals surface area (Å²) in [7, 11) is 0. The summed E-state index contributed by atoms with van der Waals surface area (Å²) in [4.78, 5) is 12.1. The molecule has 2 N–H and O–H groups in total. The van der Waals surface area contributed by atoms with Crippen molar-refractivity contribution in [3.8, 4) is 0 Å². The van der Waals surface area contributed by atoms with Gasteiger partial charge in [-0.1, -0.05) is 44.6 Å². The standard InChI is InChI=1S/C25H34FNO2/c1-6-19-16-20(24(29)27-14-15-28)10-11-21(19)23(26)18(3)9-12-22-17(2)8-7-13-25(22,4)5/h9-12,16,28H,6-8,13-15H2,1-5H3,(H,27,29)/b12-9+,23-18-. The molecule has 0 saturated carbocycles. The Morgan fingerprint density at radius 3 is 2.69 bits per heavy atom. The number of hydrogen-bond acceptors (Lipinski definition) is 2. The van der Waals surface area contributed by atoms with Crippen LogP contribution >= 0.6 is 0 Å². The number of halogens is 1. The number of carbonyl (C=O) groups excluding carboxylic acids is 1. The van der Waals surface area contributed by atoms with Crippen molar-refractivity contribution < 1.29 is 14.3 Å². The molecule has 0 radical (unpaired) electrons. The lowest BCUT2D eigenvalue weighted by Gasteiger charge is -2.33. The van der Waals surface area contributed by atoms with E-state index >= 15 is 4.39 Å². The fourth-order valence-corrected chi connectivity index (χ4v) is 4.02. The molecule has 0 aliphatic heterocycles. The Balaban J connectivity index is 2.33. The Morgan fingerprint density at radius 2 is 2.07 bits per heavy atom. The predicted molar refractivity (Wildman–Crippen MR) is 118 cm³/mol. The van der Waals surface area contributed by atoms with Crippen LogP contribution in [0.25, 0.3) is 5.83 Å². The van der Waals surface area contributed by atoms with Crippen LogP contribution in [-0.4, -0.2) is 24.2 Å². The number of hydrogen-bond donors (Lipinski definition) is 2. The van der Waals surface area contributed by atoms with Gasteiger partial charge in [-0.15, -0.1) is 0 Å². The summed E-state index contributed by atoms with van der Waals surface area (Å²) < 4.78 is 15.2. The first-order chi connectivity index (χ1) is 13.7. The number of benzene rings is 1. The van der Waals surface area contributed by atoms with E-state index in [-0.39, 0.29) is 30.3 Å². The smallest absolute Gasteiger partial charge is 0.251 e. The van der Waals surface area contributed by atoms with Crippen LogP contribution in [0.15, 0.2) is 47.1 Å². The zero-order valence-electron chi connectivity index (χ0n) is 18.4. The zero-order valence-corrected chi connectivity index (χ0v) is 18.4. The molecule has 1 aliphatic rings. The lowest BCUT2D eigenvalue weighted by Crippen LogP contribution is -2.26. The largest absolute Gasteiger partial charge is 0.395 e. The summed E-state index contributed by atoms with van der Waals surface area (Å²) in [5.41, 5.74) is 5.19. The van der Waals surface area contributed by atoms with Crippen LogP contribution in [0.1, 0.15) is 75.4 Å². The number of aliphatic hydroxyl groups excluding tert-OH is 1. The van der Waals surface area contributed by atoms with E-state index in [1.807, 2.05) is 13.0 Å². The minimum absolute atomic E-state index is 0.111. The molecule has 0 saturated heterocycles. The molecule has 1 aromatic carbocycles. The summed E-state index contributed by atoms with van der Waals surface area (Å²) >= 11 is 0. The second-order valence-electron chi connectivity index (χ2n) is 8.47. The van der Waals surface area contributed by atoms with Gasteiger partial charge in [0.2, 0.25) is 0 Å². The predicted octanol–water partition coefficient (Wildman–Crippen LogP) is 5.75. The van der Waals surface area contributed by atoms with Crippen molar-refractivity contribution in [3.05, 3.63) is 63.8 Å². The summed E-state index contributed by atoms with van der Waals surface area (Å²) in [6.07, 6.45) is 8.03. The highest BCUT2D eigenvalue weighted by molar-refractivity contribution is 5.94. The molecule has 3 nitrogen and oxygen atoms in total. The van der Waals surface area contributed by atoms with Gasteiger partial charge in [0, 0.05) is 17.7 Å². The van der Waals surface area contributed by atoms with E-state index in [0.29, 0.717) is 23.1 Å². The first-order valence-corrected chi connectivity index (χ1v) is 10.5. The van der Waals surface area contributed by atoms with Gasteiger partial charge < -0.3 is 10.4 Å². The van der Waals surface area contributed by atoms with Crippen LogP contribution in [0.2, 0.25) is 0 Å². The van der Waals surface area contributed by atoms with Crippen molar-refractivity contribution >= 4 is 11.7 Å². The maximum Gasteiger partial charge on any atom is 0.251 e. The van der Waals surface area contributed by atoms with Crippen LogP contribution in [0.4, 0.5) is 4.39 Å². The average molecular weight is 400 g/mol. The molecular weight excluding hydrogens is 365 g/mol. The van der Waals surface area contributed by atoms with Gasteiger partial charge in [0.05, 0.1) is 6.61 Å². The van der Waals surface area contributed by atoms with Crippen molar-refractivity contribution in [2.75, 3.05) is 13.2 Å². The van der Waals surface area contributed by atoms with Crippen LogP contribution in [-0.2, 0) is 6.42 Å². The monoisotopic (exact) mass is 399 g/mol. The minimum Gasteiger partial charge on any atom is -0.395 e. The Bertz CT molecular complexity index is 846. The van der Waals surface area contributed by atoms with Crippen LogP contribution in [0.5, 0.6) is 0 Å². The first-order valence-electron chi connectivity index (χ1n) is 10.5. The molecule has 0 unspecified atom stereocenters. The highest BCUT2D eigenvalue weighted by atomic mass is 19.1. The molecule has 2 rings (SSSR count). The third-order valence-corrected chi connectivity index (χ3v) is 5.77. The molecule has 1 amide bonds. The van der Waals surface area contributed by atoms with Crippen LogP contribution in [0.3, 0.4) is 0 Å². The van der Waals surface area contributed by atoms with E-state index in [1.165, 1.54) is 17.6 Å². The molecule has 158 valence electrons. The highest BCUT2D eigenvalue weighted by Crippen LogP contribution is 2.41. The third-order valence-electron chi connectivity index (χ3n) is 5.77. The molecule has 0 aromatic heterocycles. The van der Waals surface area contributed by atoms with E-state index < -0.39 is 0 Å². The number of aliphatic hydroxyl groups is 1. The van der Waals surface area contributed by atoms with Gasteiger partial charge in [0.15, 0.2) is 0 Å². The molecule has 1 aromatic rings. The maximum absolute atomic E-state index is 15.2. The number of amides is 1. The van der Waals surface area contributed by atoms with Gasteiger partial charge in [-0.25, -0.2) is 4.39 Å². The molecule has 29 heavy (non-hydrogen) atoms. The Hall–Kier alpha value is -2.20. The minimum atomic E-state index is -0.261. The molecule has 4 heteroatoms.